The molecule has 3 aromatic rings. The second-order valence-corrected chi connectivity index (χ2v) is 8.60. The minimum absolute atomic E-state index is 0.00174. The van der Waals surface area contributed by atoms with Gasteiger partial charge < -0.3 is 15.0 Å². The maximum Gasteiger partial charge on any atom is 0.260 e. The van der Waals surface area contributed by atoms with Gasteiger partial charge in [-0.2, -0.15) is 0 Å². The lowest BCUT2D eigenvalue weighted by Crippen LogP contribution is -2.52. The van der Waals surface area contributed by atoms with Crippen molar-refractivity contribution in [1.82, 2.24) is 15.1 Å². The van der Waals surface area contributed by atoms with Crippen LogP contribution in [0.25, 0.3) is 10.8 Å². The molecule has 1 aliphatic rings. The number of hydrogen-bond acceptors (Lipinski definition) is 4. The third kappa shape index (κ3) is 5.66. The number of carbonyl (C=O) groups excluding carboxylic acids is 2. The Morgan fingerprint density at radius 2 is 1.62 bits per heavy atom. The minimum atomic E-state index is -0.0433. The van der Waals surface area contributed by atoms with Crippen molar-refractivity contribution in [2.75, 3.05) is 39.3 Å². The van der Waals surface area contributed by atoms with Gasteiger partial charge in [-0.05, 0) is 38.3 Å². The van der Waals surface area contributed by atoms with Crippen molar-refractivity contribution in [3.63, 3.8) is 0 Å². The molecule has 0 bridgehead atoms. The van der Waals surface area contributed by atoms with E-state index in [2.05, 4.69) is 26.1 Å². The zero-order valence-corrected chi connectivity index (χ0v) is 19.4. The van der Waals surface area contributed by atoms with E-state index in [1.54, 1.807) is 4.90 Å². The average Bonchev–Trinajstić information content (AvgIpc) is 2.83. The van der Waals surface area contributed by atoms with Crippen LogP contribution >= 0.6 is 15.9 Å². The average molecular weight is 496 g/mol. The van der Waals surface area contributed by atoms with Crippen LogP contribution in [0.4, 0.5) is 0 Å². The van der Waals surface area contributed by atoms with Gasteiger partial charge in [0.15, 0.2) is 6.61 Å². The molecule has 32 heavy (non-hydrogen) atoms. The first-order chi connectivity index (χ1) is 15.6. The summed E-state index contributed by atoms with van der Waals surface area (Å²) in [6, 6.07) is 21.7. The van der Waals surface area contributed by atoms with Crippen molar-refractivity contribution in [3.8, 4) is 5.75 Å². The van der Waals surface area contributed by atoms with E-state index >= 15 is 0 Å². The van der Waals surface area contributed by atoms with Gasteiger partial charge in [0.2, 0.25) is 5.91 Å². The Balaban J connectivity index is 1.21. The lowest BCUT2D eigenvalue weighted by Gasteiger charge is -2.34. The number of rotatable bonds is 7. The summed E-state index contributed by atoms with van der Waals surface area (Å²) in [7, 11) is 0. The zero-order valence-electron chi connectivity index (χ0n) is 17.8. The fourth-order valence-electron chi connectivity index (χ4n) is 3.77. The first-order valence-electron chi connectivity index (χ1n) is 10.7. The molecule has 1 N–H and O–H groups in total. The van der Waals surface area contributed by atoms with Gasteiger partial charge in [0, 0.05) is 32.7 Å². The molecule has 4 rings (SSSR count). The molecule has 166 valence electrons. The molecule has 2 amide bonds. The van der Waals surface area contributed by atoms with Crippen molar-refractivity contribution < 1.29 is 14.3 Å². The van der Waals surface area contributed by atoms with Crippen LogP contribution in [0.5, 0.6) is 5.75 Å². The van der Waals surface area contributed by atoms with E-state index in [9.17, 15) is 9.59 Å². The van der Waals surface area contributed by atoms with Gasteiger partial charge in [-0.25, -0.2) is 0 Å². The van der Waals surface area contributed by atoms with Gasteiger partial charge in [0.05, 0.1) is 11.0 Å². The number of hydrogen-bond donors (Lipinski definition) is 1. The van der Waals surface area contributed by atoms with E-state index in [0.29, 0.717) is 45.0 Å². The van der Waals surface area contributed by atoms with Crippen LogP contribution in [-0.2, 0) is 16.1 Å². The molecule has 0 aromatic heterocycles. The number of fused-ring (bicyclic) bond motifs is 1. The summed E-state index contributed by atoms with van der Waals surface area (Å²) in [6.07, 6.45) is 0. The van der Waals surface area contributed by atoms with Crippen molar-refractivity contribution in [2.24, 2.45) is 0 Å². The summed E-state index contributed by atoms with van der Waals surface area (Å²) in [6.45, 7) is 3.39. The summed E-state index contributed by atoms with van der Waals surface area (Å²) < 4.78 is 6.67. The van der Waals surface area contributed by atoms with Crippen molar-refractivity contribution >= 4 is 38.5 Å². The Labute approximate surface area is 196 Å². The van der Waals surface area contributed by atoms with E-state index in [0.717, 1.165) is 20.8 Å². The smallest absolute Gasteiger partial charge is 0.260 e. The van der Waals surface area contributed by atoms with Crippen LogP contribution in [0.3, 0.4) is 0 Å². The third-order valence-electron chi connectivity index (χ3n) is 5.60. The highest BCUT2D eigenvalue weighted by molar-refractivity contribution is 9.10. The standard InChI is InChI=1S/C25H26BrN3O3/c26-25-21-9-5-4-8-20(21)10-11-22(25)32-18-24(31)29-14-12-28(13-15-29)17-23(30)27-16-19-6-2-1-3-7-19/h1-11H,12-18H2,(H,27,30). The van der Waals surface area contributed by atoms with Crippen LogP contribution in [0.15, 0.2) is 71.2 Å². The highest BCUT2D eigenvalue weighted by Crippen LogP contribution is 2.33. The molecule has 0 spiro atoms. The van der Waals surface area contributed by atoms with Gasteiger partial charge in [0.25, 0.3) is 5.91 Å². The molecule has 1 aliphatic heterocycles. The fraction of sp³-hybridized carbons (Fsp3) is 0.280. The Morgan fingerprint density at radius 3 is 2.41 bits per heavy atom. The summed E-state index contributed by atoms with van der Waals surface area (Å²) in [5, 5.41) is 5.12. The number of piperazine rings is 1. The zero-order chi connectivity index (χ0) is 22.3. The molecule has 0 aliphatic carbocycles. The van der Waals surface area contributed by atoms with Crippen LogP contribution in [0.1, 0.15) is 5.56 Å². The second kappa shape index (κ2) is 10.6. The topological polar surface area (TPSA) is 61.9 Å². The van der Waals surface area contributed by atoms with Crippen LogP contribution < -0.4 is 10.1 Å². The number of nitrogens with zero attached hydrogens (tertiary/aromatic N) is 2. The second-order valence-electron chi connectivity index (χ2n) is 7.81. The molecule has 0 radical (unpaired) electrons. The minimum Gasteiger partial charge on any atom is -0.483 e. The van der Waals surface area contributed by atoms with Crippen molar-refractivity contribution in [2.45, 2.75) is 6.54 Å². The molecular weight excluding hydrogens is 470 g/mol. The highest BCUT2D eigenvalue weighted by atomic mass is 79.9. The van der Waals surface area contributed by atoms with Crippen molar-refractivity contribution in [1.29, 1.82) is 0 Å². The van der Waals surface area contributed by atoms with Gasteiger partial charge in [-0.1, -0.05) is 60.7 Å². The first-order valence-corrected chi connectivity index (χ1v) is 11.5. The van der Waals surface area contributed by atoms with E-state index in [1.165, 1.54) is 0 Å². The molecule has 7 heteroatoms. The number of benzene rings is 3. The molecule has 1 saturated heterocycles. The van der Waals surface area contributed by atoms with Crippen LogP contribution in [-0.4, -0.2) is 60.9 Å². The van der Waals surface area contributed by atoms with Crippen LogP contribution in [0.2, 0.25) is 0 Å². The summed E-state index contributed by atoms with van der Waals surface area (Å²) >= 11 is 3.59. The van der Waals surface area contributed by atoms with Crippen molar-refractivity contribution in [3.05, 3.63) is 76.8 Å². The van der Waals surface area contributed by atoms with Gasteiger partial charge >= 0.3 is 0 Å². The molecule has 1 fully saturated rings. The molecule has 0 saturated carbocycles. The first kappa shape index (κ1) is 22.3. The normalized spacial score (nSPS) is 14.3. The Morgan fingerprint density at radius 1 is 0.906 bits per heavy atom. The van der Waals surface area contributed by atoms with E-state index in [1.807, 2.05) is 66.7 Å². The van der Waals surface area contributed by atoms with E-state index < -0.39 is 0 Å². The van der Waals surface area contributed by atoms with Gasteiger partial charge in [0.1, 0.15) is 5.75 Å². The largest absolute Gasteiger partial charge is 0.483 e. The van der Waals surface area contributed by atoms with Crippen LogP contribution in [0, 0.1) is 0 Å². The maximum atomic E-state index is 12.6. The Kier molecular flexibility index (Phi) is 7.39. The number of ether oxygens (including phenoxy) is 1. The summed E-state index contributed by atoms with van der Waals surface area (Å²) in [4.78, 5) is 28.7. The summed E-state index contributed by atoms with van der Waals surface area (Å²) in [5.41, 5.74) is 1.08. The lowest BCUT2D eigenvalue weighted by molar-refractivity contribution is -0.135. The predicted octanol–water partition coefficient (Wildman–Crippen LogP) is 3.44. The van der Waals surface area contributed by atoms with Gasteiger partial charge in [-0.3, -0.25) is 14.5 Å². The fourth-order valence-corrected chi connectivity index (χ4v) is 4.37. The predicted molar refractivity (Wildman–Crippen MR) is 128 cm³/mol. The third-order valence-corrected chi connectivity index (χ3v) is 6.42. The number of halogens is 1. The monoisotopic (exact) mass is 495 g/mol. The summed E-state index contributed by atoms with van der Waals surface area (Å²) in [5.74, 6) is 0.613. The van der Waals surface area contributed by atoms with E-state index in [-0.39, 0.29) is 18.4 Å². The number of carbonyl (C=O) groups is 2. The maximum absolute atomic E-state index is 12.6. The molecule has 0 atom stereocenters. The number of amides is 2. The lowest BCUT2D eigenvalue weighted by atomic mass is 10.1. The van der Waals surface area contributed by atoms with E-state index in [4.69, 9.17) is 4.74 Å². The molecule has 0 unspecified atom stereocenters. The molecule has 1 heterocycles. The molecule has 6 nitrogen and oxygen atoms in total. The molecule has 3 aromatic carbocycles. The highest BCUT2D eigenvalue weighted by Gasteiger charge is 2.23. The Bertz CT molecular complexity index is 1080. The SMILES string of the molecule is O=C(CN1CCN(C(=O)COc2ccc3ccccc3c2Br)CC1)NCc1ccccc1. The Hall–Kier alpha value is -2.90. The molecular formula is C25H26BrN3O3. The van der Waals surface area contributed by atoms with Gasteiger partial charge in [-0.15, -0.1) is 0 Å². The number of nitrogens with one attached hydrogen (secondary N) is 1. The quantitative estimate of drug-likeness (QED) is 0.545.